The summed E-state index contributed by atoms with van der Waals surface area (Å²) in [5.74, 6) is 1.86. The molecule has 2 aliphatic heterocycles. The summed E-state index contributed by atoms with van der Waals surface area (Å²) in [7, 11) is 7.49. The highest BCUT2D eigenvalue weighted by Gasteiger charge is 2.41. The van der Waals surface area contributed by atoms with Gasteiger partial charge in [-0.2, -0.15) is 0 Å². The van der Waals surface area contributed by atoms with Gasteiger partial charge in [0.05, 0.1) is 14.2 Å². The summed E-state index contributed by atoms with van der Waals surface area (Å²) in [6, 6.07) is 6.05. The van der Waals surface area contributed by atoms with Crippen molar-refractivity contribution in [3.63, 3.8) is 0 Å². The molecule has 0 radical (unpaired) electrons. The van der Waals surface area contributed by atoms with Gasteiger partial charge in [0.25, 0.3) is 0 Å². The van der Waals surface area contributed by atoms with E-state index in [1.54, 1.807) is 14.2 Å². The average Bonchev–Trinajstić information content (AvgIpc) is 2.79. The first-order valence-electron chi connectivity index (χ1n) is 9.36. The number of likely N-dealkylation sites (tertiary alicyclic amines) is 1. The van der Waals surface area contributed by atoms with Gasteiger partial charge in [0, 0.05) is 57.3 Å². The molecule has 0 bridgehead atoms. The van der Waals surface area contributed by atoms with E-state index in [0.717, 1.165) is 62.6 Å². The van der Waals surface area contributed by atoms with Crippen LogP contribution in [-0.2, 0) is 11.3 Å². The fourth-order valence-corrected chi connectivity index (χ4v) is 4.29. The number of methoxy groups -OCH3 is 2. The van der Waals surface area contributed by atoms with Crippen LogP contribution in [0.25, 0.3) is 0 Å². The van der Waals surface area contributed by atoms with Crippen molar-refractivity contribution in [1.82, 2.24) is 14.7 Å². The molecule has 1 atom stereocenters. The van der Waals surface area contributed by atoms with Crippen LogP contribution in [0.15, 0.2) is 18.2 Å². The van der Waals surface area contributed by atoms with Crippen LogP contribution in [0, 0.1) is 0 Å². The minimum absolute atomic E-state index is 0.0742. The summed E-state index contributed by atoms with van der Waals surface area (Å²) in [5, 5.41) is 0. The highest BCUT2D eigenvalue weighted by atomic mass is 16.5. The van der Waals surface area contributed by atoms with Gasteiger partial charge in [-0.3, -0.25) is 14.6 Å². The van der Waals surface area contributed by atoms with Crippen LogP contribution in [0.5, 0.6) is 11.5 Å². The highest BCUT2D eigenvalue weighted by molar-refractivity contribution is 5.76. The summed E-state index contributed by atoms with van der Waals surface area (Å²) in [6.45, 7) is 4.68. The summed E-state index contributed by atoms with van der Waals surface area (Å²) >= 11 is 0. The van der Waals surface area contributed by atoms with Gasteiger partial charge in [0.1, 0.15) is 0 Å². The normalized spacial score (nSPS) is 25.4. The molecule has 2 heterocycles. The van der Waals surface area contributed by atoms with Crippen LogP contribution in [0.2, 0.25) is 0 Å². The molecule has 26 heavy (non-hydrogen) atoms. The minimum Gasteiger partial charge on any atom is -0.493 e. The molecule has 1 aromatic rings. The Morgan fingerprint density at radius 2 is 1.88 bits per heavy atom. The zero-order chi connectivity index (χ0) is 18.7. The molecule has 0 aromatic heterocycles. The molecule has 2 aliphatic rings. The van der Waals surface area contributed by atoms with Gasteiger partial charge >= 0.3 is 0 Å². The number of ether oxygens (including phenoxy) is 2. The third kappa shape index (κ3) is 3.67. The SMILES string of the molecule is COc1cccc(CN2CCN(C)C3(CCC(=O)N(C)CC3)C2)c1OC. The highest BCUT2D eigenvalue weighted by Crippen LogP contribution is 2.35. The van der Waals surface area contributed by atoms with Gasteiger partial charge < -0.3 is 14.4 Å². The van der Waals surface area contributed by atoms with Gasteiger partial charge in [0.2, 0.25) is 5.91 Å². The number of nitrogens with zero attached hydrogens (tertiary/aromatic N) is 3. The quantitative estimate of drug-likeness (QED) is 0.819. The van der Waals surface area contributed by atoms with E-state index in [-0.39, 0.29) is 11.4 Å². The molecular formula is C20H31N3O3. The van der Waals surface area contributed by atoms with Crippen LogP contribution in [0.4, 0.5) is 0 Å². The molecule has 2 saturated heterocycles. The number of hydrogen-bond acceptors (Lipinski definition) is 5. The van der Waals surface area contributed by atoms with E-state index in [9.17, 15) is 4.79 Å². The number of hydrogen-bond donors (Lipinski definition) is 0. The summed E-state index contributed by atoms with van der Waals surface area (Å²) in [6.07, 6.45) is 2.59. The Morgan fingerprint density at radius 1 is 1.08 bits per heavy atom. The molecule has 144 valence electrons. The van der Waals surface area contributed by atoms with Crippen molar-refractivity contribution >= 4 is 5.91 Å². The number of benzene rings is 1. The monoisotopic (exact) mass is 361 g/mol. The molecule has 3 rings (SSSR count). The minimum atomic E-state index is 0.0742. The number of likely N-dealkylation sites (N-methyl/N-ethyl adjacent to an activating group) is 1. The third-order valence-corrected chi connectivity index (χ3v) is 6.10. The van der Waals surface area contributed by atoms with Crippen LogP contribution >= 0.6 is 0 Å². The number of amides is 1. The van der Waals surface area contributed by atoms with E-state index in [2.05, 4.69) is 22.9 Å². The van der Waals surface area contributed by atoms with E-state index in [0.29, 0.717) is 6.42 Å². The van der Waals surface area contributed by atoms with Gasteiger partial charge in [-0.1, -0.05) is 12.1 Å². The van der Waals surface area contributed by atoms with E-state index in [1.165, 1.54) is 0 Å². The van der Waals surface area contributed by atoms with Crippen molar-refractivity contribution in [2.45, 2.75) is 31.3 Å². The van der Waals surface area contributed by atoms with Crippen LogP contribution in [-0.4, -0.2) is 80.6 Å². The van der Waals surface area contributed by atoms with Gasteiger partial charge in [-0.05, 0) is 26.0 Å². The Balaban J connectivity index is 1.78. The Labute approximate surface area is 156 Å². The van der Waals surface area contributed by atoms with Crippen molar-refractivity contribution in [3.8, 4) is 11.5 Å². The Hall–Kier alpha value is -1.79. The molecule has 2 fully saturated rings. The summed E-state index contributed by atoms with van der Waals surface area (Å²) in [5.41, 5.74) is 1.22. The predicted molar refractivity (Wildman–Crippen MR) is 102 cm³/mol. The third-order valence-electron chi connectivity index (χ3n) is 6.10. The number of carbonyl (C=O) groups is 1. The van der Waals surface area contributed by atoms with Gasteiger partial charge in [-0.15, -0.1) is 0 Å². The van der Waals surface area contributed by atoms with E-state index in [1.807, 2.05) is 24.1 Å². The lowest BCUT2D eigenvalue weighted by Crippen LogP contribution is -2.60. The maximum Gasteiger partial charge on any atom is 0.222 e. The zero-order valence-electron chi connectivity index (χ0n) is 16.5. The fraction of sp³-hybridized carbons (Fsp3) is 0.650. The average molecular weight is 361 g/mol. The Morgan fingerprint density at radius 3 is 2.62 bits per heavy atom. The van der Waals surface area contributed by atoms with Gasteiger partial charge in [0.15, 0.2) is 11.5 Å². The number of piperazine rings is 1. The van der Waals surface area contributed by atoms with Crippen molar-refractivity contribution in [2.24, 2.45) is 0 Å². The Kier molecular flexibility index (Phi) is 5.73. The molecule has 1 amide bonds. The van der Waals surface area contributed by atoms with E-state index in [4.69, 9.17) is 9.47 Å². The van der Waals surface area contributed by atoms with Crippen molar-refractivity contribution in [1.29, 1.82) is 0 Å². The molecule has 1 aromatic carbocycles. The second kappa shape index (κ2) is 7.84. The molecule has 6 heteroatoms. The zero-order valence-corrected chi connectivity index (χ0v) is 16.5. The lowest BCUT2D eigenvalue weighted by molar-refractivity contribution is -0.129. The number of rotatable bonds is 4. The summed E-state index contributed by atoms with van der Waals surface area (Å²) in [4.78, 5) is 19.0. The van der Waals surface area contributed by atoms with Crippen LogP contribution in [0.3, 0.4) is 0 Å². The second-order valence-corrected chi connectivity index (χ2v) is 7.57. The lowest BCUT2D eigenvalue weighted by Gasteiger charge is -2.49. The second-order valence-electron chi connectivity index (χ2n) is 7.57. The number of para-hydroxylation sites is 1. The molecule has 0 N–H and O–H groups in total. The first-order chi connectivity index (χ1) is 12.5. The molecule has 6 nitrogen and oxygen atoms in total. The van der Waals surface area contributed by atoms with Crippen molar-refractivity contribution in [3.05, 3.63) is 23.8 Å². The van der Waals surface area contributed by atoms with Crippen LogP contribution in [0.1, 0.15) is 24.8 Å². The molecular weight excluding hydrogens is 330 g/mol. The summed E-state index contributed by atoms with van der Waals surface area (Å²) < 4.78 is 11.0. The number of carbonyl (C=O) groups excluding carboxylic acids is 1. The standard InChI is InChI=1S/C20H31N3O3/c1-21-11-10-20(9-8-18(21)24)15-23(13-12-22(20)2)14-16-6-5-7-17(25-3)19(16)26-4/h5-7H,8-15H2,1-4H3. The molecule has 0 aliphatic carbocycles. The maximum atomic E-state index is 12.1. The van der Waals surface area contributed by atoms with Crippen LogP contribution < -0.4 is 9.47 Å². The topological polar surface area (TPSA) is 45.2 Å². The van der Waals surface area contributed by atoms with E-state index >= 15 is 0 Å². The fourth-order valence-electron chi connectivity index (χ4n) is 4.29. The molecule has 1 spiro atoms. The van der Waals surface area contributed by atoms with Crippen molar-refractivity contribution < 1.29 is 14.3 Å². The lowest BCUT2D eigenvalue weighted by atomic mass is 9.86. The largest absolute Gasteiger partial charge is 0.493 e. The first kappa shape index (κ1) is 19.0. The smallest absolute Gasteiger partial charge is 0.222 e. The van der Waals surface area contributed by atoms with Gasteiger partial charge in [-0.25, -0.2) is 0 Å². The predicted octanol–water partition coefficient (Wildman–Crippen LogP) is 1.83. The maximum absolute atomic E-state index is 12.1. The van der Waals surface area contributed by atoms with E-state index < -0.39 is 0 Å². The molecule has 0 saturated carbocycles. The first-order valence-corrected chi connectivity index (χ1v) is 9.36. The van der Waals surface area contributed by atoms with Crippen molar-refractivity contribution in [2.75, 3.05) is 54.5 Å². The molecule has 1 unspecified atom stereocenters. The Bertz CT molecular complexity index is 651.